The van der Waals surface area contributed by atoms with Crippen LogP contribution in [0.1, 0.15) is 28.6 Å². The second kappa shape index (κ2) is 7.35. The van der Waals surface area contributed by atoms with E-state index in [0.29, 0.717) is 17.1 Å². The normalized spacial score (nSPS) is 11.6. The lowest BCUT2D eigenvalue weighted by molar-refractivity contribution is -0.137. The number of hydrogen-bond donors (Lipinski definition) is 2. The molecule has 0 aliphatic heterocycles. The number of furan rings is 1. The summed E-state index contributed by atoms with van der Waals surface area (Å²) >= 11 is 0. The molecule has 2 rings (SSSR count). The lowest BCUT2D eigenvalue weighted by Gasteiger charge is -2.18. The molecule has 7 nitrogen and oxygen atoms in total. The Hall–Kier alpha value is -2.96. The zero-order chi connectivity index (χ0) is 16.8. The lowest BCUT2D eigenvalue weighted by atomic mass is 10.0. The molecule has 0 spiro atoms. The first-order valence-electron chi connectivity index (χ1n) is 6.83. The molecular formula is C16H17NO6. The first-order valence-corrected chi connectivity index (χ1v) is 6.83. The maximum atomic E-state index is 12.1. The van der Waals surface area contributed by atoms with Crippen molar-refractivity contribution in [2.45, 2.75) is 12.5 Å². The molecule has 0 bridgehead atoms. The van der Waals surface area contributed by atoms with Gasteiger partial charge in [0.15, 0.2) is 17.3 Å². The maximum Gasteiger partial charge on any atom is 0.305 e. The summed E-state index contributed by atoms with van der Waals surface area (Å²) in [4.78, 5) is 23.2. The zero-order valence-electron chi connectivity index (χ0n) is 12.7. The molecule has 1 aromatic heterocycles. The van der Waals surface area contributed by atoms with Crippen molar-refractivity contribution in [3.8, 4) is 11.5 Å². The summed E-state index contributed by atoms with van der Waals surface area (Å²) in [6.07, 6.45) is 1.10. The Morgan fingerprint density at radius 1 is 1.22 bits per heavy atom. The van der Waals surface area contributed by atoms with E-state index >= 15 is 0 Å². The van der Waals surface area contributed by atoms with Crippen LogP contribution >= 0.6 is 0 Å². The molecule has 0 aliphatic rings. The number of aliphatic carboxylic acids is 1. The Morgan fingerprint density at radius 3 is 2.52 bits per heavy atom. The minimum absolute atomic E-state index is 0.112. The van der Waals surface area contributed by atoms with Crippen LogP contribution in [0.15, 0.2) is 41.0 Å². The first-order chi connectivity index (χ1) is 11.0. The van der Waals surface area contributed by atoms with Crippen LogP contribution in [0.25, 0.3) is 0 Å². The van der Waals surface area contributed by atoms with Gasteiger partial charge in [0.1, 0.15) is 0 Å². The van der Waals surface area contributed by atoms with Crippen LogP contribution in [0.4, 0.5) is 0 Å². The van der Waals surface area contributed by atoms with Crippen LogP contribution in [-0.2, 0) is 4.79 Å². The smallest absolute Gasteiger partial charge is 0.305 e. The number of hydrogen-bond acceptors (Lipinski definition) is 5. The molecule has 7 heteroatoms. The van der Waals surface area contributed by atoms with E-state index in [1.54, 1.807) is 24.3 Å². The molecule has 0 fully saturated rings. The van der Waals surface area contributed by atoms with E-state index in [1.807, 2.05) is 0 Å². The van der Waals surface area contributed by atoms with E-state index < -0.39 is 17.9 Å². The van der Waals surface area contributed by atoms with E-state index in [2.05, 4.69) is 5.32 Å². The number of carboxylic acid groups (broad SMARTS) is 1. The van der Waals surface area contributed by atoms with Gasteiger partial charge in [-0.1, -0.05) is 6.07 Å². The fourth-order valence-electron chi connectivity index (χ4n) is 2.13. The van der Waals surface area contributed by atoms with Crippen molar-refractivity contribution in [2.75, 3.05) is 14.2 Å². The van der Waals surface area contributed by atoms with Gasteiger partial charge in [0.2, 0.25) is 0 Å². The molecule has 2 aromatic rings. The third-order valence-electron chi connectivity index (χ3n) is 3.24. The molecule has 2 N–H and O–H groups in total. The summed E-state index contributed by atoms with van der Waals surface area (Å²) in [5.74, 6) is -0.447. The molecule has 0 radical (unpaired) electrons. The van der Waals surface area contributed by atoms with Gasteiger partial charge >= 0.3 is 5.97 Å². The third kappa shape index (κ3) is 4.03. The number of rotatable bonds is 7. The number of nitrogens with one attached hydrogen (secondary N) is 1. The van der Waals surface area contributed by atoms with Gasteiger partial charge in [0.05, 0.1) is 32.9 Å². The Balaban J connectivity index is 2.27. The molecule has 0 saturated heterocycles. The van der Waals surface area contributed by atoms with Crippen molar-refractivity contribution in [1.29, 1.82) is 0 Å². The minimum Gasteiger partial charge on any atom is -0.493 e. The fourth-order valence-corrected chi connectivity index (χ4v) is 2.13. The molecule has 0 saturated carbocycles. The molecule has 1 aromatic carbocycles. The highest BCUT2D eigenvalue weighted by atomic mass is 16.5. The predicted octanol–water partition coefficient (Wildman–Crippen LogP) is 2.24. The van der Waals surface area contributed by atoms with Gasteiger partial charge < -0.3 is 24.3 Å². The molecule has 23 heavy (non-hydrogen) atoms. The number of amides is 1. The molecule has 0 unspecified atom stereocenters. The second-order valence-electron chi connectivity index (χ2n) is 4.72. The van der Waals surface area contributed by atoms with Gasteiger partial charge in [-0.3, -0.25) is 9.59 Å². The molecular weight excluding hydrogens is 302 g/mol. The number of carbonyl (C=O) groups excluding carboxylic acids is 1. The van der Waals surface area contributed by atoms with Crippen molar-refractivity contribution >= 4 is 11.9 Å². The first kappa shape index (κ1) is 16.4. The van der Waals surface area contributed by atoms with E-state index in [4.69, 9.17) is 19.0 Å². The van der Waals surface area contributed by atoms with Crippen molar-refractivity contribution in [3.63, 3.8) is 0 Å². The van der Waals surface area contributed by atoms with E-state index in [-0.39, 0.29) is 12.2 Å². The highest BCUT2D eigenvalue weighted by Crippen LogP contribution is 2.31. The number of carboxylic acids is 1. The standard InChI is InChI=1S/C16H17NO6/c1-21-12-6-5-10(8-14(12)22-2)11(9-15(18)19)17-16(20)13-4-3-7-23-13/h3-8,11H,9H2,1-2H3,(H,17,20)(H,18,19)/t11-/m1/s1. The number of carbonyl (C=O) groups is 2. The monoisotopic (exact) mass is 319 g/mol. The predicted molar refractivity (Wildman–Crippen MR) is 80.7 cm³/mol. The van der Waals surface area contributed by atoms with E-state index in [0.717, 1.165) is 0 Å². The van der Waals surface area contributed by atoms with Gasteiger partial charge in [0.25, 0.3) is 5.91 Å². The highest BCUT2D eigenvalue weighted by molar-refractivity contribution is 5.92. The average Bonchev–Trinajstić information content (AvgIpc) is 3.07. The van der Waals surface area contributed by atoms with Crippen LogP contribution in [0.5, 0.6) is 11.5 Å². The van der Waals surface area contributed by atoms with Crippen molar-refractivity contribution < 1.29 is 28.6 Å². The average molecular weight is 319 g/mol. The number of benzene rings is 1. The van der Waals surface area contributed by atoms with Crippen LogP contribution in [0, 0.1) is 0 Å². The largest absolute Gasteiger partial charge is 0.493 e. The maximum absolute atomic E-state index is 12.1. The lowest BCUT2D eigenvalue weighted by Crippen LogP contribution is -2.30. The zero-order valence-corrected chi connectivity index (χ0v) is 12.7. The summed E-state index contributed by atoms with van der Waals surface area (Å²) in [6, 6.07) is 7.32. The summed E-state index contributed by atoms with van der Waals surface area (Å²) in [6.45, 7) is 0. The van der Waals surface area contributed by atoms with Crippen LogP contribution in [0.3, 0.4) is 0 Å². The molecule has 1 atom stereocenters. The van der Waals surface area contributed by atoms with Gasteiger partial charge in [-0.25, -0.2) is 0 Å². The SMILES string of the molecule is COc1ccc([C@@H](CC(=O)O)NC(=O)c2ccco2)cc1OC. The molecule has 1 heterocycles. The molecule has 0 aliphatic carbocycles. The highest BCUT2D eigenvalue weighted by Gasteiger charge is 2.21. The minimum atomic E-state index is -1.04. The van der Waals surface area contributed by atoms with Crippen LogP contribution in [0.2, 0.25) is 0 Å². The van der Waals surface area contributed by atoms with Crippen molar-refractivity contribution in [2.24, 2.45) is 0 Å². The third-order valence-corrected chi connectivity index (χ3v) is 3.24. The van der Waals surface area contributed by atoms with Gasteiger partial charge in [-0.2, -0.15) is 0 Å². The second-order valence-corrected chi connectivity index (χ2v) is 4.72. The van der Waals surface area contributed by atoms with Gasteiger partial charge in [-0.05, 0) is 29.8 Å². The number of ether oxygens (including phenoxy) is 2. The summed E-state index contributed by atoms with van der Waals surface area (Å²) in [5, 5.41) is 11.7. The fraction of sp³-hybridized carbons (Fsp3) is 0.250. The van der Waals surface area contributed by atoms with Crippen LogP contribution < -0.4 is 14.8 Å². The molecule has 122 valence electrons. The summed E-state index contributed by atoms with van der Waals surface area (Å²) in [7, 11) is 2.99. The Bertz CT molecular complexity index is 680. The van der Waals surface area contributed by atoms with Gasteiger partial charge in [-0.15, -0.1) is 0 Å². The van der Waals surface area contributed by atoms with Gasteiger partial charge in [0, 0.05) is 0 Å². The van der Waals surface area contributed by atoms with Crippen LogP contribution in [-0.4, -0.2) is 31.2 Å². The van der Waals surface area contributed by atoms with Crippen molar-refractivity contribution in [3.05, 3.63) is 47.9 Å². The Kier molecular flexibility index (Phi) is 5.24. The summed E-state index contributed by atoms with van der Waals surface area (Å²) in [5.41, 5.74) is 0.588. The Morgan fingerprint density at radius 2 is 1.96 bits per heavy atom. The van der Waals surface area contributed by atoms with E-state index in [1.165, 1.54) is 26.5 Å². The Labute approximate surface area is 132 Å². The van der Waals surface area contributed by atoms with E-state index in [9.17, 15) is 9.59 Å². The number of methoxy groups -OCH3 is 2. The topological polar surface area (TPSA) is 98.0 Å². The summed E-state index contributed by atoms with van der Waals surface area (Å²) < 4.78 is 15.4. The molecule has 1 amide bonds. The quantitative estimate of drug-likeness (QED) is 0.812. The van der Waals surface area contributed by atoms with Crippen molar-refractivity contribution in [1.82, 2.24) is 5.32 Å².